The average Bonchev–Trinajstić information content (AvgIpc) is 2.37. The first-order valence-electron chi connectivity index (χ1n) is 7.07. The number of hydrogen-bond acceptors (Lipinski definition) is 3. The van der Waals surface area contributed by atoms with Gasteiger partial charge in [-0.15, -0.1) is 0 Å². The first-order valence-corrected chi connectivity index (χ1v) is 7.07. The molecule has 0 aromatic carbocycles. The quantitative estimate of drug-likeness (QED) is 0.891. The third-order valence-electron chi connectivity index (χ3n) is 4.05. The van der Waals surface area contributed by atoms with Crippen molar-refractivity contribution in [2.24, 2.45) is 11.3 Å². The number of rotatable bonds is 3. The third kappa shape index (κ3) is 3.52. The van der Waals surface area contributed by atoms with Crippen LogP contribution in [-0.4, -0.2) is 16.2 Å². The summed E-state index contributed by atoms with van der Waals surface area (Å²) in [4.78, 5) is 0. The summed E-state index contributed by atoms with van der Waals surface area (Å²) in [6.07, 6.45) is 7.10. The van der Waals surface area contributed by atoms with Crippen LogP contribution in [0.1, 0.15) is 52.1 Å². The Kier molecular flexibility index (Phi) is 4.33. The summed E-state index contributed by atoms with van der Waals surface area (Å²) in [6.45, 7) is 7.92. The fourth-order valence-corrected chi connectivity index (χ4v) is 3.08. The van der Waals surface area contributed by atoms with Gasteiger partial charge < -0.3 is 5.32 Å². The lowest BCUT2D eigenvalue weighted by molar-refractivity contribution is 0.130. The molecule has 1 saturated carbocycles. The maximum Gasteiger partial charge on any atom is 0.0769 e. The van der Waals surface area contributed by atoms with E-state index in [4.69, 9.17) is 0 Å². The summed E-state index contributed by atoms with van der Waals surface area (Å²) >= 11 is 0. The topological polar surface area (TPSA) is 37.8 Å². The van der Waals surface area contributed by atoms with Crippen molar-refractivity contribution in [2.75, 3.05) is 0 Å². The minimum absolute atomic E-state index is 0.389. The number of nitrogens with one attached hydrogen (secondary N) is 1. The minimum atomic E-state index is 0.389. The van der Waals surface area contributed by atoms with Crippen LogP contribution in [0, 0.1) is 11.3 Å². The lowest BCUT2D eigenvalue weighted by Gasteiger charge is -2.41. The molecule has 2 rings (SSSR count). The van der Waals surface area contributed by atoms with Crippen molar-refractivity contribution in [2.45, 2.75) is 59.0 Å². The van der Waals surface area contributed by atoms with E-state index in [2.05, 4.69) is 36.3 Å². The molecule has 2 atom stereocenters. The van der Waals surface area contributed by atoms with Gasteiger partial charge >= 0.3 is 0 Å². The van der Waals surface area contributed by atoms with Crippen LogP contribution in [0.15, 0.2) is 18.3 Å². The average molecular weight is 247 g/mol. The van der Waals surface area contributed by atoms with E-state index >= 15 is 0 Å². The predicted octanol–water partition coefficient (Wildman–Crippen LogP) is 3.17. The molecule has 3 nitrogen and oxygen atoms in total. The second kappa shape index (κ2) is 5.79. The first-order chi connectivity index (χ1) is 8.57. The van der Waals surface area contributed by atoms with Crippen LogP contribution >= 0.6 is 0 Å². The van der Waals surface area contributed by atoms with E-state index in [0.717, 1.165) is 18.2 Å². The molecule has 0 radical (unpaired) electrons. The minimum Gasteiger partial charge on any atom is -0.308 e. The van der Waals surface area contributed by atoms with Gasteiger partial charge in [-0.05, 0) is 36.3 Å². The van der Waals surface area contributed by atoms with Gasteiger partial charge in [-0.1, -0.05) is 33.6 Å². The van der Waals surface area contributed by atoms with Crippen LogP contribution in [0.3, 0.4) is 0 Å². The number of nitrogens with zero attached hydrogens (tertiary/aromatic N) is 2. The summed E-state index contributed by atoms with van der Waals surface area (Å²) in [7, 11) is 0. The molecule has 0 saturated heterocycles. The largest absolute Gasteiger partial charge is 0.308 e. The highest BCUT2D eigenvalue weighted by atomic mass is 15.1. The molecule has 18 heavy (non-hydrogen) atoms. The lowest BCUT2D eigenvalue weighted by Crippen LogP contribution is -2.44. The molecular weight excluding hydrogens is 222 g/mol. The van der Waals surface area contributed by atoms with Crippen LogP contribution < -0.4 is 5.32 Å². The van der Waals surface area contributed by atoms with Crippen molar-refractivity contribution in [1.29, 1.82) is 0 Å². The Morgan fingerprint density at radius 2 is 2.06 bits per heavy atom. The van der Waals surface area contributed by atoms with Crippen LogP contribution in [-0.2, 0) is 6.54 Å². The fourth-order valence-electron chi connectivity index (χ4n) is 3.08. The van der Waals surface area contributed by atoms with Crippen molar-refractivity contribution < 1.29 is 0 Å². The van der Waals surface area contributed by atoms with Gasteiger partial charge in [-0.2, -0.15) is 10.2 Å². The van der Waals surface area contributed by atoms with E-state index in [-0.39, 0.29) is 0 Å². The third-order valence-corrected chi connectivity index (χ3v) is 4.05. The Bertz CT molecular complexity index is 356. The zero-order valence-electron chi connectivity index (χ0n) is 11.8. The van der Waals surface area contributed by atoms with Crippen LogP contribution in [0.5, 0.6) is 0 Å². The van der Waals surface area contributed by atoms with Gasteiger partial charge in [0, 0.05) is 18.8 Å². The van der Waals surface area contributed by atoms with Crippen LogP contribution in [0.25, 0.3) is 0 Å². The summed E-state index contributed by atoms with van der Waals surface area (Å²) in [5.41, 5.74) is 1.43. The molecule has 0 amide bonds. The van der Waals surface area contributed by atoms with E-state index in [0.29, 0.717) is 11.5 Å². The zero-order valence-corrected chi connectivity index (χ0v) is 11.8. The Morgan fingerprint density at radius 1 is 1.28 bits per heavy atom. The molecule has 1 aromatic heterocycles. The number of aromatic nitrogens is 2. The van der Waals surface area contributed by atoms with Crippen molar-refractivity contribution in [3.05, 3.63) is 24.0 Å². The van der Waals surface area contributed by atoms with Crippen LogP contribution in [0.4, 0.5) is 0 Å². The highest BCUT2D eigenvalue weighted by Crippen LogP contribution is 2.38. The molecule has 1 heterocycles. The van der Waals surface area contributed by atoms with Gasteiger partial charge in [0.1, 0.15) is 0 Å². The molecule has 1 fully saturated rings. The van der Waals surface area contributed by atoms with E-state index in [1.165, 1.54) is 25.7 Å². The van der Waals surface area contributed by atoms with Gasteiger partial charge in [0.15, 0.2) is 0 Å². The van der Waals surface area contributed by atoms with Gasteiger partial charge in [-0.25, -0.2) is 0 Å². The second-order valence-electron chi connectivity index (χ2n) is 6.46. The zero-order chi connectivity index (χ0) is 13.0. The molecule has 1 N–H and O–H groups in total. The van der Waals surface area contributed by atoms with Crippen molar-refractivity contribution in [3.8, 4) is 0 Å². The van der Waals surface area contributed by atoms with Crippen molar-refractivity contribution in [1.82, 2.24) is 15.5 Å². The lowest BCUT2D eigenvalue weighted by atomic mass is 9.69. The molecule has 3 heteroatoms. The van der Waals surface area contributed by atoms with E-state index in [1.54, 1.807) is 6.20 Å². The van der Waals surface area contributed by atoms with Gasteiger partial charge in [0.25, 0.3) is 0 Å². The monoisotopic (exact) mass is 247 g/mol. The summed E-state index contributed by atoms with van der Waals surface area (Å²) in [5, 5.41) is 11.8. The fraction of sp³-hybridized carbons (Fsp3) is 0.733. The summed E-state index contributed by atoms with van der Waals surface area (Å²) in [5.74, 6) is 0.767. The molecule has 0 aliphatic heterocycles. The first kappa shape index (κ1) is 13.5. The molecule has 2 unspecified atom stereocenters. The van der Waals surface area contributed by atoms with Gasteiger partial charge in [0.05, 0.1) is 5.69 Å². The molecule has 1 aliphatic rings. The Balaban J connectivity index is 1.94. The highest BCUT2D eigenvalue weighted by molar-refractivity contribution is 4.99. The summed E-state index contributed by atoms with van der Waals surface area (Å²) in [6, 6.07) is 4.61. The van der Waals surface area contributed by atoms with E-state index < -0.39 is 0 Å². The van der Waals surface area contributed by atoms with E-state index in [9.17, 15) is 0 Å². The molecule has 0 bridgehead atoms. The number of hydrogen-bond donors (Lipinski definition) is 1. The van der Waals surface area contributed by atoms with E-state index in [1.807, 2.05) is 12.1 Å². The SMILES string of the molecule is CC(C)(C)C1CCCCC1NCc1cccnn1. The normalized spacial score (nSPS) is 25.1. The molecular formula is C15H25N3. The maximum absolute atomic E-state index is 4.14. The Morgan fingerprint density at radius 3 is 2.72 bits per heavy atom. The molecule has 0 spiro atoms. The molecule has 1 aliphatic carbocycles. The Labute approximate surface area is 110 Å². The van der Waals surface area contributed by atoms with Crippen molar-refractivity contribution >= 4 is 0 Å². The second-order valence-corrected chi connectivity index (χ2v) is 6.46. The standard InChI is InChI=1S/C15H25N3/c1-15(2,3)13-8-4-5-9-14(13)16-11-12-7-6-10-17-18-12/h6-7,10,13-14,16H,4-5,8-9,11H2,1-3H3. The highest BCUT2D eigenvalue weighted by Gasteiger charge is 2.33. The Hall–Kier alpha value is -0.960. The summed E-state index contributed by atoms with van der Waals surface area (Å²) < 4.78 is 0. The van der Waals surface area contributed by atoms with Gasteiger partial charge in [-0.3, -0.25) is 0 Å². The maximum atomic E-state index is 4.14. The smallest absolute Gasteiger partial charge is 0.0769 e. The van der Waals surface area contributed by atoms with Gasteiger partial charge in [0.2, 0.25) is 0 Å². The van der Waals surface area contributed by atoms with Crippen LogP contribution in [0.2, 0.25) is 0 Å². The predicted molar refractivity (Wildman–Crippen MR) is 74.1 cm³/mol. The molecule has 1 aromatic rings. The molecule has 100 valence electrons. The van der Waals surface area contributed by atoms with Crippen molar-refractivity contribution in [3.63, 3.8) is 0 Å².